The molecule has 3 amide bonds. The predicted octanol–water partition coefficient (Wildman–Crippen LogP) is 2.75. The second-order valence-electron chi connectivity index (χ2n) is 8.04. The quantitative estimate of drug-likeness (QED) is 0.688. The molecular weight excluding hydrogens is 400 g/mol. The topological polar surface area (TPSA) is 90.5 Å². The van der Waals surface area contributed by atoms with Crippen molar-refractivity contribution in [3.8, 4) is 0 Å². The van der Waals surface area contributed by atoms with Gasteiger partial charge in [0.25, 0.3) is 0 Å². The molecule has 2 aromatic rings. The number of fused-ring (bicyclic) bond motifs is 1. The Hall–Kier alpha value is -2.42. The molecule has 1 saturated carbocycles. The molecule has 8 nitrogen and oxygen atoms in total. The highest BCUT2D eigenvalue weighted by Gasteiger charge is 2.23. The lowest BCUT2D eigenvalue weighted by atomic mass is 9.96. The molecule has 2 aromatic heterocycles. The average molecular weight is 431 g/mol. The van der Waals surface area contributed by atoms with Crippen molar-refractivity contribution in [2.45, 2.75) is 51.0 Å². The molecule has 0 spiro atoms. The van der Waals surface area contributed by atoms with Crippen LogP contribution in [0.3, 0.4) is 0 Å². The molecule has 0 radical (unpaired) electrons. The van der Waals surface area contributed by atoms with E-state index in [2.05, 4.69) is 31.6 Å². The van der Waals surface area contributed by atoms with E-state index < -0.39 is 0 Å². The Labute approximate surface area is 181 Å². The number of aromatic nitrogens is 2. The first-order valence-electron chi connectivity index (χ1n) is 11.0. The molecule has 0 bridgehead atoms. The second-order valence-corrected chi connectivity index (χ2v) is 8.94. The van der Waals surface area contributed by atoms with E-state index in [-0.39, 0.29) is 11.9 Å². The molecule has 30 heavy (non-hydrogen) atoms. The third-order valence-corrected chi connectivity index (χ3v) is 6.79. The zero-order chi connectivity index (χ0) is 20.8. The first-order valence-corrected chi connectivity index (χ1v) is 11.8. The third kappa shape index (κ3) is 5.19. The maximum absolute atomic E-state index is 12.5. The number of nitrogens with zero attached hydrogens (tertiary/aromatic N) is 4. The number of urea groups is 1. The van der Waals surface area contributed by atoms with Gasteiger partial charge in [-0.15, -0.1) is 11.3 Å². The van der Waals surface area contributed by atoms with Gasteiger partial charge < -0.3 is 20.4 Å². The van der Waals surface area contributed by atoms with Gasteiger partial charge in [0.2, 0.25) is 5.91 Å². The van der Waals surface area contributed by atoms with Crippen molar-refractivity contribution in [3.05, 3.63) is 17.8 Å². The first-order chi connectivity index (χ1) is 14.7. The molecule has 3 heterocycles. The van der Waals surface area contributed by atoms with E-state index in [9.17, 15) is 9.59 Å². The molecule has 0 atom stereocenters. The van der Waals surface area contributed by atoms with Crippen LogP contribution in [0.4, 0.5) is 10.6 Å². The van der Waals surface area contributed by atoms with Crippen molar-refractivity contribution in [2.24, 2.45) is 0 Å². The number of thiophene rings is 1. The van der Waals surface area contributed by atoms with Gasteiger partial charge in [-0.3, -0.25) is 4.79 Å². The number of nitrogens with one attached hydrogen (secondary N) is 2. The molecule has 0 unspecified atom stereocenters. The normalized spacial score (nSPS) is 17.9. The molecule has 2 aliphatic rings. The number of carbonyl (C=O) groups is 2. The molecular formula is C21H30N6O2S. The van der Waals surface area contributed by atoms with Crippen LogP contribution in [-0.4, -0.2) is 65.6 Å². The van der Waals surface area contributed by atoms with Crippen molar-refractivity contribution in [1.29, 1.82) is 0 Å². The van der Waals surface area contributed by atoms with E-state index in [0.29, 0.717) is 38.5 Å². The smallest absolute Gasteiger partial charge is 0.315 e. The van der Waals surface area contributed by atoms with Gasteiger partial charge in [-0.1, -0.05) is 19.3 Å². The summed E-state index contributed by atoms with van der Waals surface area (Å²) in [6, 6.07) is 2.26. The Kier molecular flexibility index (Phi) is 6.99. The van der Waals surface area contributed by atoms with Crippen molar-refractivity contribution >= 4 is 39.3 Å². The zero-order valence-electron chi connectivity index (χ0n) is 17.3. The molecule has 2 fully saturated rings. The molecule has 162 valence electrons. The summed E-state index contributed by atoms with van der Waals surface area (Å²) in [5, 5.41) is 9.05. The van der Waals surface area contributed by atoms with Crippen LogP contribution in [0.2, 0.25) is 0 Å². The monoisotopic (exact) mass is 430 g/mol. The summed E-state index contributed by atoms with van der Waals surface area (Å²) in [7, 11) is 0. The fourth-order valence-corrected chi connectivity index (χ4v) is 5.01. The lowest BCUT2D eigenvalue weighted by Crippen LogP contribution is -2.49. The van der Waals surface area contributed by atoms with E-state index in [4.69, 9.17) is 0 Å². The second kappa shape index (κ2) is 10.1. The minimum Gasteiger partial charge on any atom is -0.352 e. The molecule has 1 saturated heterocycles. The van der Waals surface area contributed by atoms with Crippen molar-refractivity contribution in [3.63, 3.8) is 0 Å². The summed E-state index contributed by atoms with van der Waals surface area (Å²) in [6.07, 6.45) is 8.56. The summed E-state index contributed by atoms with van der Waals surface area (Å²) in [6.45, 7) is 3.47. The van der Waals surface area contributed by atoms with Crippen LogP contribution < -0.4 is 15.5 Å². The number of anilines is 1. The van der Waals surface area contributed by atoms with Gasteiger partial charge in [-0.2, -0.15) is 0 Å². The molecule has 1 aliphatic carbocycles. The van der Waals surface area contributed by atoms with Crippen LogP contribution in [0.5, 0.6) is 0 Å². The summed E-state index contributed by atoms with van der Waals surface area (Å²) in [4.78, 5) is 38.4. The number of hydrogen-bond donors (Lipinski definition) is 2. The maximum Gasteiger partial charge on any atom is 0.315 e. The number of piperazine rings is 1. The summed E-state index contributed by atoms with van der Waals surface area (Å²) in [5.74, 6) is 1.12. The van der Waals surface area contributed by atoms with Gasteiger partial charge in [-0.05, 0) is 30.7 Å². The molecule has 0 aromatic carbocycles. The number of carbonyl (C=O) groups excluding carboxylic acids is 2. The van der Waals surface area contributed by atoms with E-state index >= 15 is 0 Å². The van der Waals surface area contributed by atoms with Gasteiger partial charge in [0.05, 0.1) is 5.39 Å². The van der Waals surface area contributed by atoms with Crippen LogP contribution in [0.25, 0.3) is 10.2 Å². The SMILES string of the molecule is O=C(NCCCC(=O)N1CCN(c2ncnc3sccc23)CC1)NC1CCCCC1. The van der Waals surface area contributed by atoms with Crippen LogP contribution >= 0.6 is 11.3 Å². The first kappa shape index (κ1) is 20.8. The summed E-state index contributed by atoms with van der Waals surface area (Å²) in [5.41, 5.74) is 0. The van der Waals surface area contributed by atoms with Crippen LogP contribution in [0.15, 0.2) is 17.8 Å². The van der Waals surface area contributed by atoms with Crippen molar-refractivity contribution < 1.29 is 9.59 Å². The van der Waals surface area contributed by atoms with Gasteiger partial charge >= 0.3 is 6.03 Å². The maximum atomic E-state index is 12.5. The fraction of sp³-hybridized carbons (Fsp3) is 0.619. The van der Waals surface area contributed by atoms with Crippen molar-refractivity contribution in [1.82, 2.24) is 25.5 Å². The van der Waals surface area contributed by atoms with E-state index in [0.717, 1.165) is 42.0 Å². The largest absolute Gasteiger partial charge is 0.352 e. The van der Waals surface area contributed by atoms with E-state index in [1.807, 2.05) is 10.3 Å². The molecule has 1 aliphatic heterocycles. The van der Waals surface area contributed by atoms with Crippen LogP contribution in [-0.2, 0) is 4.79 Å². The summed E-state index contributed by atoms with van der Waals surface area (Å²) >= 11 is 1.62. The Bertz CT molecular complexity index is 858. The number of amides is 3. The van der Waals surface area contributed by atoms with Crippen LogP contribution in [0.1, 0.15) is 44.9 Å². The fourth-order valence-electron chi connectivity index (χ4n) is 4.28. The minimum atomic E-state index is -0.104. The van der Waals surface area contributed by atoms with E-state index in [1.165, 1.54) is 19.3 Å². The minimum absolute atomic E-state index is 0.104. The number of hydrogen-bond acceptors (Lipinski definition) is 6. The van der Waals surface area contributed by atoms with Gasteiger partial charge in [-0.25, -0.2) is 14.8 Å². The highest BCUT2D eigenvalue weighted by atomic mass is 32.1. The lowest BCUT2D eigenvalue weighted by molar-refractivity contribution is -0.131. The highest BCUT2D eigenvalue weighted by molar-refractivity contribution is 7.16. The van der Waals surface area contributed by atoms with E-state index in [1.54, 1.807) is 17.7 Å². The standard InChI is InChI=1S/C21H30N6O2S/c28-18(7-4-9-22-21(29)25-16-5-2-1-3-6-16)26-10-12-27(13-11-26)19-17-8-14-30-20(17)24-15-23-19/h8,14-16H,1-7,9-13H2,(H2,22,25,29). The predicted molar refractivity (Wildman–Crippen MR) is 119 cm³/mol. The van der Waals surface area contributed by atoms with Crippen molar-refractivity contribution in [2.75, 3.05) is 37.6 Å². The average Bonchev–Trinajstić information content (AvgIpc) is 3.26. The summed E-state index contributed by atoms with van der Waals surface area (Å²) < 4.78 is 0. The highest BCUT2D eigenvalue weighted by Crippen LogP contribution is 2.27. The zero-order valence-corrected chi connectivity index (χ0v) is 18.1. The Morgan fingerprint density at radius 2 is 1.90 bits per heavy atom. The number of rotatable bonds is 6. The molecule has 9 heteroatoms. The Morgan fingerprint density at radius 3 is 2.70 bits per heavy atom. The van der Waals surface area contributed by atoms with Gasteiger partial charge in [0.15, 0.2) is 0 Å². The molecule has 2 N–H and O–H groups in total. The third-order valence-electron chi connectivity index (χ3n) is 5.97. The molecule has 4 rings (SSSR count). The Balaban J connectivity index is 1.15. The Morgan fingerprint density at radius 1 is 1.10 bits per heavy atom. The van der Waals surface area contributed by atoms with Gasteiger partial charge in [0.1, 0.15) is 17.0 Å². The van der Waals surface area contributed by atoms with Crippen LogP contribution in [0, 0.1) is 0 Å². The lowest BCUT2D eigenvalue weighted by Gasteiger charge is -2.35. The van der Waals surface area contributed by atoms with Gasteiger partial charge in [0, 0.05) is 45.2 Å².